The Balaban J connectivity index is 2.74. The van der Waals surface area contributed by atoms with Crippen LogP contribution < -0.4 is 0 Å². The van der Waals surface area contributed by atoms with E-state index in [4.69, 9.17) is 16.6 Å². The molecule has 4 nitrogen and oxygen atoms in total. The Morgan fingerprint density at radius 1 is 1.24 bits per heavy atom. The molecule has 0 bridgehead atoms. The molecular weight excluding hydrogens is 284 g/mol. The minimum Gasteiger partial charge on any atom is -0.308 e. The topological polar surface area (TPSA) is 35.6 Å². The smallest absolute Gasteiger partial charge is 0.158 e. The Labute approximate surface area is 132 Å². The minimum absolute atomic E-state index is 0.114. The molecule has 118 valence electrons. The van der Waals surface area contributed by atoms with E-state index in [-0.39, 0.29) is 10.8 Å². The molecule has 0 aliphatic carbocycles. The van der Waals surface area contributed by atoms with Crippen LogP contribution in [0.25, 0.3) is 11.2 Å². The van der Waals surface area contributed by atoms with E-state index in [2.05, 4.69) is 44.3 Å². The first-order valence-corrected chi connectivity index (χ1v) is 8.19. The fourth-order valence-corrected chi connectivity index (χ4v) is 2.83. The van der Waals surface area contributed by atoms with Gasteiger partial charge in [0.25, 0.3) is 0 Å². The molecule has 5 heteroatoms. The van der Waals surface area contributed by atoms with Crippen molar-refractivity contribution in [2.24, 2.45) is 12.5 Å². The van der Waals surface area contributed by atoms with E-state index in [0.29, 0.717) is 6.04 Å². The molecule has 0 aliphatic rings. The van der Waals surface area contributed by atoms with E-state index in [1.165, 1.54) is 0 Å². The summed E-state index contributed by atoms with van der Waals surface area (Å²) in [6, 6.07) is 0.295. The summed E-state index contributed by atoms with van der Waals surface area (Å²) in [5.74, 6) is 0.944. The lowest BCUT2D eigenvalue weighted by Crippen LogP contribution is -2.24. The van der Waals surface area contributed by atoms with Gasteiger partial charge >= 0.3 is 0 Å². The monoisotopic (exact) mass is 310 g/mol. The van der Waals surface area contributed by atoms with Crippen molar-refractivity contribution >= 4 is 22.8 Å². The SMILES string of the molecule is CCCc1nn(C)c2c1nc(C(C)Cl)n2C(C)C(C)(C)C. The van der Waals surface area contributed by atoms with E-state index in [1.54, 1.807) is 0 Å². The molecule has 0 aromatic carbocycles. The Morgan fingerprint density at radius 2 is 1.86 bits per heavy atom. The van der Waals surface area contributed by atoms with Crippen molar-refractivity contribution in [3.05, 3.63) is 11.5 Å². The van der Waals surface area contributed by atoms with Gasteiger partial charge in [-0.1, -0.05) is 34.1 Å². The highest BCUT2D eigenvalue weighted by atomic mass is 35.5. The van der Waals surface area contributed by atoms with Gasteiger partial charge < -0.3 is 4.57 Å². The Bertz CT molecular complexity index is 631. The Hall–Kier alpha value is -1.03. The number of aryl methyl sites for hydroxylation is 2. The van der Waals surface area contributed by atoms with E-state index in [1.807, 2.05) is 18.7 Å². The maximum atomic E-state index is 6.40. The lowest BCUT2D eigenvalue weighted by molar-refractivity contribution is 0.260. The van der Waals surface area contributed by atoms with Crippen LogP contribution in [-0.4, -0.2) is 19.3 Å². The Kier molecular flexibility index (Phi) is 4.39. The summed E-state index contributed by atoms with van der Waals surface area (Å²) >= 11 is 6.40. The number of alkyl halides is 1. The van der Waals surface area contributed by atoms with E-state index >= 15 is 0 Å². The number of hydrogen-bond acceptors (Lipinski definition) is 2. The normalized spacial score (nSPS) is 15.6. The largest absolute Gasteiger partial charge is 0.308 e. The molecule has 0 aliphatic heterocycles. The Morgan fingerprint density at radius 3 is 2.33 bits per heavy atom. The molecule has 0 spiro atoms. The van der Waals surface area contributed by atoms with Gasteiger partial charge in [0.1, 0.15) is 11.3 Å². The second-order valence-electron chi connectivity index (χ2n) is 6.99. The highest BCUT2D eigenvalue weighted by Gasteiger charge is 2.30. The van der Waals surface area contributed by atoms with Crippen molar-refractivity contribution in [3.63, 3.8) is 0 Å². The van der Waals surface area contributed by atoms with Crippen molar-refractivity contribution in [3.8, 4) is 0 Å². The summed E-state index contributed by atoms with van der Waals surface area (Å²) in [5.41, 5.74) is 3.30. The van der Waals surface area contributed by atoms with Crippen molar-refractivity contribution in [2.45, 2.75) is 65.8 Å². The predicted octanol–water partition coefficient (Wildman–Crippen LogP) is 4.63. The van der Waals surface area contributed by atoms with Crippen LogP contribution in [0.2, 0.25) is 0 Å². The van der Waals surface area contributed by atoms with E-state index in [9.17, 15) is 0 Å². The molecule has 2 atom stereocenters. The van der Waals surface area contributed by atoms with Gasteiger partial charge in [0, 0.05) is 13.1 Å². The molecule has 0 amide bonds. The highest BCUT2D eigenvalue weighted by molar-refractivity contribution is 6.20. The van der Waals surface area contributed by atoms with Crippen LogP contribution in [0.15, 0.2) is 0 Å². The third-order valence-electron chi connectivity index (χ3n) is 4.25. The molecule has 0 N–H and O–H groups in total. The van der Waals surface area contributed by atoms with Crippen molar-refractivity contribution < 1.29 is 0 Å². The summed E-state index contributed by atoms with van der Waals surface area (Å²) < 4.78 is 4.23. The molecule has 2 unspecified atom stereocenters. The maximum Gasteiger partial charge on any atom is 0.158 e. The molecule has 2 rings (SSSR count). The first kappa shape index (κ1) is 16.3. The number of aromatic nitrogens is 4. The molecule has 2 heterocycles. The molecule has 0 saturated heterocycles. The third kappa shape index (κ3) is 2.83. The highest BCUT2D eigenvalue weighted by Crippen LogP contribution is 2.37. The van der Waals surface area contributed by atoms with Crippen LogP contribution in [0.4, 0.5) is 0 Å². The summed E-state index contributed by atoms with van der Waals surface area (Å²) in [4.78, 5) is 4.83. The van der Waals surface area contributed by atoms with Gasteiger partial charge in [-0.25, -0.2) is 4.98 Å². The lowest BCUT2D eigenvalue weighted by Gasteiger charge is -2.30. The van der Waals surface area contributed by atoms with Crippen molar-refractivity contribution in [1.29, 1.82) is 0 Å². The number of rotatable bonds is 4. The van der Waals surface area contributed by atoms with Gasteiger partial charge in [-0.3, -0.25) is 4.68 Å². The summed E-state index contributed by atoms with van der Waals surface area (Å²) in [5, 5.41) is 4.54. The zero-order chi connectivity index (χ0) is 15.9. The van der Waals surface area contributed by atoms with Crippen LogP contribution in [0.5, 0.6) is 0 Å². The second kappa shape index (κ2) is 5.64. The molecule has 0 radical (unpaired) electrons. The zero-order valence-electron chi connectivity index (χ0n) is 14.2. The first-order chi connectivity index (χ1) is 9.68. The third-order valence-corrected chi connectivity index (χ3v) is 4.44. The summed E-state index contributed by atoms with van der Waals surface area (Å²) in [6.45, 7) is 13.1. The molecule has 2 aromatic rings. The summed E-state index contributed by atoms with van der Waals surface area (Å²) in [7, 11) is 2.00. The van der Waals surface area contributed by atoms with Crippen molar-refractivity contribution in [1.82, 2.24) is 19.3 Å². The summed E-state index contributed by atoms with van der Waals surface area (Å²) in [6.07, 6.45) is 2.02. The van der Waals surface area contributed by atoms with Gasteiger partial charge in [-0.15, -0.1) is 11.6 Å². The van der Waals surface area contributed by atoms with Crippen LogP contribution in [-0.2, 0) is 13.5 Å². The van der Waals surface area contributed by atoms with Crippen LogP contribution in [0.1, 0.15) is 70.9 Å². The fourth-order valence-electron chi connectivity index (χ4n) is 2.67. The average Bonchev–Trinajstić information content (AvgIpc) is 2.87. The standard InChI is InChI=1S/C16H27ClN4/c1-8-9-12-13-15(20(7)19-12)21(11(3)16(4,5)6)14(18-13)10(2)17/h10-11H,8-9H2,1-7H3. The minimum atomic E-state index is -0.114. The number of nitrogens with zero attached hydrogens (tertiary/aromatic N) is 4. The molecule has 0 fully saturated rings. The van der Waals surface area contributed by atoms with Crippen LogP contribution in [0.3, 0.4) is 0 Å². The lowest BCUT2D eigenvalue weighted by atomic mass is 9.87. The van der Waals surface area contributed by atoms with Crippen LogP contribution in [0, 0.1) is 5.41 Å². The molecule has 21 heavy (non-hydrogen) atoms. The quantitative estimate of drug-likeness (QED) is 0.772. The second-order valence-corrected chi connectivity index (χ2v) is 7.65. The predicted molar refractivity (Wildman–Crippen MR) is 88.9 cm³/mol. The number of fused-ring (bicyclic) bond motifs is 1. The number of hydrogen-bond donors (Lipinski definition) is 0. The van der Waals surface area contributed by atoms with Gasteiger partial charge in [0.2, 0.25) is 0 Å². The van der Waals surface area contributed by atoms with E-state index < -0.39 is 0 Å². The van der Waals surface area contributed by atoms with Crippen LogP contribution >= 0.6 is 11.6 Å². The average molecular weight is 311 g/mol. The van der Waals surface area contributed by atoms with Gasteiger partial charge in [0.05, 0.1) is 11.1 Å². The number of imidazole rings is 1. The zero-order valence-corrected chi connectivity index (χ0v) is 15.0. The molecular formula is C16H27ClN4. The maximum absolute atomic E-state index is 6.40. The molecule has 2 aromatic heterocycles. The van der Waals surface area contributed by atoms with Gasteiger partial charge in [0.15, 0.2) is 5.65 Å². The first-order valence-electron chi connectivity index (χ1n) is 7.76. The van der Waals surface area contributed by atoms with E-state index in [0.717, 1.165) is 35.5 Å². The van der Waals surface area contributed by atoms with Crippen molar-refractivity contribution in [2.75, 3.05) is 0 Å². The number of halogens is 1. The van der Waals surface area contributed by atoms with Gasteiger partial charge in [-0.2, -0.15) is 5.10 Å². The van der Waals surface area contributed by atoms with Gasteiger partial charge in [-0.05, 0) is 25.7 Å². The molecule has 0 saturated carbocycles. The fraction of sp³-hybridized carbons (Fsp3) is 0.750.